The van der Waals surface area contributed by atoms with E-state index in [0.29, 0.717) is 5.69 Å². The van der Waals surface area contributed by atoms with Crippen LogP contribution in [0.4, 0.5) is 5.69 Å². The summed E-state index contributed by atoms with van der Waals surface area (Å²) >= 11 is 15.0. The molecule has 0 heterocycles. The highest BCUT2D eigenvalue weighted by Crippen LogP contribution is 2.26. The summed E-state index contributed by atoms with van der Waals surface area (Å²) in [5, 5.41) is 3.09. The fourth-order valence-electron chi connectivity index (χ4n) is 2.06. The predicted octanol–water partition coefficient (Wildman–Crippen LogP) is 4.32. The highest BCUT2D eigenvalue weighted by atomic mass is 79.9. The molecule has 0 saturated carbocycles. The average molecular weight is 466 g/mol. The Morgan fingerprint density at radius 1 is 1.16 bits per heavy atom. The van der Waals surface area contributed by atoms with Crippen molar-refractivity contribution in [3.05, 3.63) is 56.5 Å². The number of rotatable bonds is 5. The minimum Gasteiger partial charge on any atom is -0.325 e. The van der Waals surface area contributed by atoms with E-state index in [2.05, 4.69) is 21.2 Å². The van der Waals surface area contributed by atoms with Gasteiger partial charge in [-0.3, -0.25) is 4.79 Å². The molecule has 0 fully saturated rings. The summed E-state index contributed by atoms with van der Waals surface area (Å²) in [6.45, 7) is 1.51. The van der Waals surface area contributed by atoms with Gasteiger partial charge in [-0.1, -0.05) is 39.1 Å². The molecule has 0 spiro atoms. The van der Waals surface area contributed by atoms with Crippen LogP contribution in [-0.2, 0) is 14.8 Å². The predicted molar refractivity (Wildman–Crippen MR) is 104 cm³/mol. The van der Waals surface area contributed by atoms with Crippen molar-refractivity contribution in [1.82, 2.24) is 4.31 Å². The van der Waals surface area contributed by atoms with Gasteiger partial charge in [-0.15, -0.1) is 0 Å². The molecule has 0 saturated heterocycles. The molecule has 2 rings (SSSR count). The zero-order valence-corrected chi connectivity index (χ0v) is 17.3. The summed E-state index contributed by atoms with van der Waals surface area (Å²) in [6.07, 6.45) is 0. The van der Waals surface area contributed by atoms with Crippen LogP contribution in [0.15, 0.2) is 45.8 Å². The van der Waals surface area contributed by atoms with Gasteiger partial charge < -0.3 is 5.32 Å². The largest absolute Gasteiger partial charge is 0.325 e. The summed E-state index contributed by atoms with van der Waals surface area (Å²) in [5.41, 5.74) is 1.48. The Morgan fingerprint density at radius 3 is 2.44 bits per heavy atom. The first-order valence-electron chi connectivity index (χ1n) is 7.08. The maximum absolute atomic E-state index is 12.5. The number of benzene rings is 2. The highest BCUT2D eigenvalue weighted by Gasteiger charge is 2.24. The van der Waals surface area contributed by atoms with Crippen LogP contribution in [0.5, 0.6) is 0 Å². The molecule has 0 radical (unpaired) electrons. The van der Waals surface area contributed by atoms with E-state index in [4.69, 9.17) is 23.2 Å². The maximum Gasteiger partial charge on any atom is 0.243 e. The molecule has 5 nitrogen and oxygen atoms in total. The number of nitrogens with zero attached hydrogens (tertiary/aromatic N) is 1. The van der Waals surface area contributed by atoms with Crippen molar-refractivity contribution in [2.45, 2.75) is 11.8 Å². The first-order chi connectivity index (χ1) is 11.6. The molecule has 2 aromatic carbocycles. The number of likely N-dealkylation sites (N-methyl/N-ethyl adjacent to an activating group) is 1. The number of nitrogens with one attached hydrogen (secondary N) is 1. The molecule has 0 unspecified atom stereocenters. The molecule has 1 N–H and O–H groups in total. The molecular formula is C16H15BrCl2N2O3S. The number of halogens is 3. The van der Waals surface area contributed by atoms with Gasteiger partial charge >= 0.3 is 0 Å². The van der Waals surface area contributed by atoms with E-state index in [1.165, 1.54) is 25.2 Å². The van der Waals surface area contributed by atoms with Crippen LogP contribution in [0, 0.1) is 6.92 Å². The van der Waals surface area contributed by atoms with E-state index in [0.717, 1.165) is 14.3 Å². The van der Waals surface area contributed by atoms with Gasteiger partial charge in [0.1, 0.15) is 0 Å². The lowest BCUT2D eigenvalue weighted by atomic mass is 10.2. The van der Waals surface area contributed by atoms with E-state index in [-0.39, 0.29) is 21.5 Å². The number of hydrogen-bond donors (Lipinski definition) is 1. The van der Waals surface area contributed by atoms with E-state index in [9.17, 15) is 13.2 Å². The Balaban J connectivity index is 2.13. The lowest BCUT2D eigenvalue weighted by Crippen LogP contribution is -2.35. The van der Waals surface area contributed by atoms with Gasteiger partial charge in [0.05, 0.1) is 21.5 Å². The Kier molecular flexibility index (Phi) is 6.51. The van der Waals surface area contributed by atoms with Crippen LogP contribution in [0.3, 0.4) is 0 Å². The van der Waals surface area contributed by atoms with Crippen molar-refractivity contribution < 1.29 is 13.2 Å². The summed E-state index contributed by atoms with van der Waals surface area (Å²) in [7, 11) is -2.54. The SMILES string of the molecule is Cc1cc(Br)ccc1NC(=O)CN(C)S(=O)(=O)c1ccc(Cl)c(Cl)c1. The molecule has 0 aliphatic rings. The van der Waals surface area contributed by atoms with Gasteiger partial charge in [0, 0.05) is 17.2 Å². The molecule has 0 atom stereocenters. The second kappa shape index (κ2) is 8.05. The highest BCUT2D eigenvalue weighted by molar-refractivity contribution is 9.10. The molecule has 0 bridgehead atoms. The van der Waals surface area contributed by atoms with Gasteiger partial charge in [0.15, 0.2) is 0 Å². The Morgan fingerprint density at radius 2 is 1.84 bits per heavy atom. The monoisotopic (exact) mass is 464 g/mol. The first-order valence-corrected chi connectivity index (χ1v) is 10.1. The standard InChI is InChI=1S/C16H15BrCl2N2O3S/c1-10-7-11(17)3-6-15(10)20-16(22)9-21(2)25(23,24)12-4-5-13(18)14(19)8-12/h3-8H,9H2,1-2H3,(H,20,22). The minimum atomic E-state index is -3.86. The third kappa shape index (κ3) is 4.95. The molecule has 0 aliphatic carbocycles. The summed E-state index contributed by atoms with van der Waals surface area (Å²) in [5.74, 6) is -0.448. The molecular weight excluding hydrogens is 451 g/mol. The topological polar surface area (TPSA) is 66.5 Å². The zero-order valence-electron chi connectivity index (χ0n) is 13.4. The maximum atomic E-state index is 12.5. The number of aryl methyl sites for hydroxylation is 1. The first kappa shape index (κ1) is 20.2. The lowest BCUT2D eigenvalue weighted by Gasteiger charge is -2.17. The third-order valence-electron chi connectivity index (χ3n) is 3.43. The van der Waals surface area contributed by atoms with Gasteiger partial charge in [-0.2, -0.15) is 4.31 Å². The number of amides is 1. The van der Waals surface area contributed by atoms with E-state index >= 15 is 0 Å². The summed E-state index contributed by atoms with van der Waals surface area (Å²) in [6, 6.07) is 9.38. The quantitative estimate of drug-likeness (QED) is 0.714. The zero-order chi connectivity index (χ0) is 18.8. The molecule has 25 heavy (non-hydrogen) atoms. The van der Waals surface area contributed by atoms with Crippen molar-refractivity contribution in [3.63, 3.8) is 0 Å². The van der Waals surface area contributed by atoms with Crippen LogP contribution in [0.1, 0.15) is 5.56 Å². The van der Waals surface area contributed by atoms with Gasteiger partial charge in [-0.25, -0.2) is 8.42 Å². The smallest absolute Gasteiger partial charge is 0.243 e. The number of carbonyl (C=O) groups excluding carboxylic acids is 1. The third-order valence-corrected chi connectivity index (χ3v) is 6.46. The Hall–Kier alpha value is -1.12. The average Bonchev–Trinajstić information content (AvgIpc) is 2.52. The van der Waals surface area contributed by atoms with Crippen molar-refractivity contribution in [2.24, 2.45) is 0 Å². The molecule has 9 heteroatoms. The number of sulfonamides is 1. The second-order valence-electron chi connectivity index (χ2n) is 5.34. The Bertz CT molecular complexity index is 920. The van der Waals surface area contributed by atoms with Gasteiger partial charge in [0.2, 0.25) is 15.9 Å². The summed E-state index contributed by atoms with van der Waals surface area (Å²) in [4.78, 5) is 12.2. The molecule has 0 aromatic heterocycles. The minimum absolute atomic E-state index is 0.0305. The number of anilines is 1. The summed E-state index contributed by atoms with van der Waals surface area (Å²) < 4.78 is 26.9. The van der Waals surface area contributed by atoms with Crippen LogP contribution in [-0.4, -0.2) is 32.2 Å². The molecule has 0 aliphatic heterocycles. The van der Waals surface area contributed by atoms with Gasteiger partial charge in [-0.05, 0) is 48.9 Å². The number of carbonyl (C=O) groups is 1. The van der Waals surface area contributed by atoms with Crippen molar-refractivity contribution in [1.29, 1.82) is 0 Å². The second-order valence-corrected chi connectivity index (χ2v) is 9.12. The fourth-order valence-corrected chi connectivity index (χ4v) is 4.05. The van der Waals surface area contributed by atoms with E-state index < -0.39 is 15.9 Å². The van der Waals surface area contributed by atoms with Gasteiger partial charge in [0.25, 0.3) is 0 Å². The fraction of sp³-hybridized carbons (Fsp3) is 0.188. The number of hydrogen-bond acceptors (Lipinski definition) is 3. The van der Waals surface area contributed by atoms with E-state index in [1.807, 2.05) is 13.0 Å². The molecule has 2 aromatic rings. The van der Waals surface area contributed by atoms with Crippen molar-refractivity contribution in [2.75, 3.05) is 18.9 Å². The Labute approximate surface area is 165 Å². The van der Waals surface area contributed by atoms with Crippen molar-refractivity contribution >= 4 is 60.7 Å². The van der Waals surface area contributed by atoms with E-state index in [1.54, 1.807) is 12.1 Å². The van der Waals surface area contributed by atoms with Crippen LogP contribution in [0.2, 0.25) is 10.0 Å². The molecule has 1 amide bonds. The van der Waals surface area contributed by atoms with Crippen LogP contribution in [0.25, 0.3) is 0 Å². The lowest BCUT2D eigenvalue weighted by molar-refractivity contribution is -0.116. The normalized spacial score (nSPS) is 11.6. The molecule has 134 valence electrons. The van der Waals surface area contributed by atoms with Crippen molar-refractivity contribution in [3.8, 4) is 0 Å². The van der Waals surface area contributed by atoms with Crippen LogP contribution >= 0.6 is 39.1 Å². The van der Waals surface area contributed by atoms with Crippen LogP contribution < -0.4 is 5.32 Å².